The minimum absolute atomic E-state index is 0.456. The fourth-order valence-electron chi connectivity index (χ4n) is 2.79. The van der Waals surface area contributed by atoms with E-state index in [1.807, 2.05) is 30.0 Å². The van der Waals surface area contributed by atoms with Crippen molar-refractivity contribution in [2.45, 2.75) is 98.8 Å². The quantitative estimate of drug-likeness (QED) is 0.170. The van der Waals surface area contributed by atoms with Crippen LogP contribution in [-0.2, 0) is 0 Å². The Morgan fingerprint density at radius 3 is 1.32 bits per heavy atom. The zero-order valence-corrected chi connectivity index (χ0v) is 26.5. The number of nitrogens with zero attached hydrogens (tertiary/aromatic N) is 6. The minimum atomic E-state index is 0.456. The van der Waals surface area contributed by atoms with Gasteiger partial charge >= 0.3 is 0 Å². The van der Waals surface area contributed by atoms with Crippen molar-refractivity contribution < 1.29 is 0 Å². The molecule has 0 aliphatic rings. The molecule has 5 aromatic rings. The molecule has 0 saturated carbocycles. The Labute approximate surface area is 243 Å². The van der Waals surface area contributed by atoms with Crippen LogP contribution >= 0.6 is 11.3 Å². The summed E-state index contributed by atoms with van der Waals surface area (Å²) in [6, 6.07) is 1.99. The molecule has 5 aromatic heterocycles. The summed E-state index contributed by atoms with van der Waals surface area (Å²) < 4.78 is 0. The minimum Gasteiger partial charge on any atom is -0.348 e. The van der Waals surface area contributed by atoms with Gasteiger partial charge in [0.15, 0.2) is 0 Å². The van der Waals surface area contributed by atoms with E-state index in [2.05, 4.69) is 120 Å². The fraction of sp³-hybridized carbons (Fsp3) is 0.517. The molecule has 40 heavy (non-hydrogen) atoms. The lowest BCUT2D eigenvalue weighted by atomic mass is 10.1. The summed E-state index contributed by atoms with van der Waals surface area (Å²) in [4.78, 5) is 22.3. The van der Waals surface area contributed by atoms with E-state index in [1.165, 1.54) is 17.0 Å². The SMILES string of the molecule is CC(C)c1ccn[nH]1.CC(C)c1ncc[nH]1.CC(C)c1ncc[nH]1.CC(C)c1nccs1.CC(C)c1ncn[nH]1. The van der Waals surface area contributed by atoms with Crippen LogP contribution in [0.25, 0.3) is 0 Å². The fourth-order valence-corrected chi connectivity index (χ4v) is 3.44. The number of hydrogen-bond donors (Lipinski definition) is 4. The third-order valence-corrected chi connectivity index (χ3v) is 6.28. The first-order valence-corrected chi connectivity index (χ1v) is 14.6. The number of H-pyrrole nitrogens is 4. The average molecular weight is 569 g/mol. The molecule has 220 valence electrons. The number of nitrogens with one attached hydrogen (secondary N) is 4. The van der Waals surface area contributed by atoms with Crippen LogP contribution in [0.3, 0.4) is 0 Å². The van der Waals surface area contributed by atoms with Gasteiger partial charge < -0.3 is 9.97 Å². The molecule has 0 atom stereocenters. The molecule has 11 heteroatoms. The second kappa shape index (κ2) is 19.5. The molecule has 4 N–H and O–H groups in total. The Morgan fingerprint density at radius 1 is 0.550 bits per heavy atom. The Bertz CT molecular complexity index is 936. The van der Waals surface area contributed by atoms with Gasteiger partial charge in [0.05, 0.1) is 5.01 Å². The zero-order valence-electron chi connectivity index (χ0n) is 25.7. The van der Waals surface area contributed by atoms with Crippen molar-refractivity contribution in [2.75, 3.05) is 0 Å². The van der Waals surface area contributed by atoms with Gasteiger partial charge in [-0.1, -0.05) is 69.2 Å². The number of imidazole rings is 2. The summed E-state index contributed by atoms with van der Waals surface area (Å²) in [7, 11) is 0. The van der Waals surface area contributed by atoms with Gasteiger partial charge in [-0.15, -0.1) is 11.3 Å². The molecule has 0 amide bonds. The molecule has 5 heterocycles. The van der Waals surface area contributed by atoms with Crippen LogP contribution in [0.1, 0.15) is 127 Å². The van der Waals surface area contributed by atoms with Gasteiger partial charge in [0.1, 0.15) is 23.8 Å². The highest BCUT2D eigenvalue weighted by Crippen LogP contribution is 2.15. The molecule has 0 aliphatic carbocycles. The van der Waals surface area contributed by atoms with Crippen molar-refractivity contribution >= 4 is 11.3 Å². The van der Waals surface area contributed by atoms with Crippen molar-refractivity contribution in [2.24, 2.45) is 0 Å². The van der Waals surface area contributed by atoms with Crippen LogP contribution < -0.4 is 0 Å². The summed E-state index contributed by atoms with van der Waals surface area (Å²) in [6.45, 7) is 21.1. The van der Waals surface area contributed by atoms with E-state index < -0.39 is 0 Å². The summed E-state index contributed by atoms with van der Waals surface area (Å²) in [5, 5.41) is 16.4. The average Bonchev–Trinajstić information content (AvgIpc) is 3.74. The van der Waals surface area contributed by atoms with Gasteiger partial charge in [-0.2, -0.15) is 10.2 Å². The molecule has 0 aliphatic heterocycles. The predicted octanol–water partition coefficient (Wildman–Crippen LogP) is 7.79. The molecule has 0 saturated heterocycles. The predicted molar refractivity (Wildman–Crippen MR) is 165 cm³/mol. The highest BCUT2D eigenvalue weighted by Gasteiger charge is 1.99. The van der Waals surface area contributed by atoms with Crippen molar-refractivity contribution in [1.29, 1.82) is 0 Å². The molecular formula is C29H48N10S. The van der Waals surface area contributed by atoms with Gasteiger partial charge in [-0.05, 0) is 12.0 Å². The first-order chi connectivity index (χ1) is 19.0. The van der Waals surface area contributed by atoms with Gasteiger partial charge in [-0.25, -0.2) is 19.9 Å². The summed E-state index contributed by atoms with van der Waals surface area (Å²) in [5.41, 5.74) is 1.20. The van der Waals surface area contributed by atoms with Crippen molar-refractivity contribution in [3.63, 3.8) is 0 Å². The van der Waals surface area contributed by atoms with Crippen LogP contribution in [-0.4, -0.2) is 50.3 Å². The monoisotopic (exact) mass is 568 g/mol. The van der Waals surface area contributed by atoms with Crippen LogP contribution in [0.5, 0.6) is 0 Å². The van der Waals surface area contributed by atoms with Gasteiger partial charge in [0.25, 0.3) is 0 Å². The third kappa shape index (κ3) is 14.5. The second-order valence-electron chi connectivity index (χ2n) is 10.5. The topological polar surface area (TPSA) is 140 Å². The van der Waals surface area contributed by atoms with Crippen molar-refractivity contribution in [1.82, 2.24) is 50.3 Å². The number of aromatic nitrogens is 10. The maximum Gasteiger partial charge on any atom is 0.137 e. The van der Waals surface area contributed by atoms with E-state index in [0.29, 0.717) is 29.6 Å². The molecule has 5 rings (SSSR count). The van der Waals surface area contributed by atoms with E-state index in [1.54, 1.807) is 29.9 Å². The molecule has 0 fully saturated rings. The summed E-state index contributed by atoms with van der Waals surface area (Å²) in [6.07, 6.45) is 12.4. The number of hydrogen-bond acceptors (Lipinski definition) is 7. The first-order valence-electron chi connectivity index (χ1n) is 13.7. The first kappa shape index (κ1) is 34.4. The van der Waals surface area contributed by atoms with Gasteiger partial charge in [0, 0.05) is 71.9 Å². The van der Waals surface area contributed by atoms with Crippen LogP contribution in [0.4, 0.5) is 0 Å². The van der Waals surface area contributed by atoms with E-state index in [-0.39, 0.29) is 0 Å². The Kier molecular flexibility index (Phi) is 16.7. The van der Waals surface area contributed by atoms with Crippen LogP contribution in [0, 0.1) is 0 Å². The van der Waals surface area contributed by atoms with E-state index >= 15 is 0 Å². The highest BCUT2D eigenvalue weighted by atomic mass is 32.1. The lowest BCUT2D eigenvalue weighted by Crippen LogP contribution is -1.88. The van der Waals surface area contributed by atoms with Crippen molar-refractivity contribution in [3.8, 4) is 0 Å². The largest absolute Gasteiger partial charge is 0.348 e. The molecular weight excluding hydrogens is 520 g/mol. The van der Waals surface area contributed by atoms with Crippen LogP contribution in [0.2, 0.25) is 0 Å². The van der Waals surface area contributed by atoms with Gasteiger partial charge in [-0.3, -0.25) is 10.2 Å². The van der Waals surface area contributed by atoms with E-state index in [9.17, 15) is 0 Å². The third-order valence-electron chi connectivity index (χ3n) is 5.20. The Balaban J connectivity index is 0.000000250. The maximum atomic E-state index is 4.13. The van der Waals surface area contributed by atoms with E-state index in [0.717, 1.165) is 17.5 Å². The lowest BCUT2D eigenvalue weighted by molar-refractivity contribution is 0.781. The Hall–Kier alpha value is -3.60. The molecule has 10 nitrogen and oxygen atoms in total. The molecule has 0 unspecified atom stereocenters. The van der Waals surface area contributed by atoms with E-state index in [4.69, 9.17) is 0 Å². The normalized spacial score (nSPS) is 10.4. The molecule has 0 aromatic carbocycles. The van der Waals surface area contributed by atoms with Crippen molar-refractivity contribution in [3.05, 3.63) is 83.1 Å². The lowest BCUT2D eigenvalue weighted by Gasteiger charge is -1.95. The smallest absolute Gasteiger partial charge is 0.137 e. The van der Waals surface area contributed by atoms with Crippen LogP contribution in [0.15, 0.2) is 55.0 Å². The number of thiazole rings is 1. The number of aromatic amines is 4. The van der Waals surface area contributed by atoms with Gasteiger partial charge in [0.2, 0.25) is 0 Å². The highest BCUT2D eigenvalue weighted by molar-refractivity contribution is 7.09. The maximum absolute atomic E-state index is 4.13. The number of rotatable bonds is 5. The molecule has 0 radical (unpaired) electrons. The Morgan fingerprint density at radius 2 is 1.12 bits per heavy atom. The standard InChI is InChI=1S/3C6H10N2.C6H9NS.C5H9N3/c2*1-5(2)6-7-3-4-8-6;1-5(2)6-3-4-7-8-6;1-5(2)6-7-3-4-8-6;1-4(2)5-6-3-7-8-5/h3*3-5H,1-2H3,(H,7,8);3-5H,1-2H3;3-4H,1-2H3,(H,6,7,8). The second-order valence-corrected chi connectivity index (χ2v) is 11.4. The molecule has 0 bridgehead atoms. The zero-order chi connectivity index (χ0) is 29.9. The summed E-state index contributed by atoms with van der Waals surface area (Å²) in [5.74, 6) is 5.72. The molecule has 0 spiro atoms. The summed E-state index contributed by atoms with van der Waals surface area (Å²) >= 11 is 1.72.